The number of benzene rings is 1. The van der Waals surface area contributed by atoms with E-state index in [0.717, 1.165) is 10.0 Å². The van der Waals surface area contributed by atoms with Crippen LogP contribution in [0.15, 0.2) is 41.4 Å². The van der Waals surface area contributed by atoms with Crippen molar-refractivity contribution >= 4 is 15.9 Å². The fourth-order valence-electron chi connectivity index (χ4n) is 1.68. The summed E-state index contributed by atoms with van der Waals surface area (Å²) in [5, 5.41) is 18.6. The van der Waals surface area contributed by atoms with Crippen molar-refractivity contribution in [3.05, 3.63) is 47.0 Å². The molecule has 0 aliphatic rings. The Kier molecular flexibility index (Phi) is 5.72. The second-order valence-electron chi connectivity index (χ2n) is 3.78. The van der Waals surface area contributed by atoms with Gasteiger partial charge in [-0.3, -0.25) is 0 Å². The summed E-state index contributed by atoms with van der Waals surface area (Å²) in [7, 11) is 1.43. The maximum Gasteiger partial charge on any atom is 0.253 e. The summed E-state index contributed by atoms with van der Waals surface area (Å²) in [5.74, 6) is -0.564. The van der Waals surface area contributed by atoms with E-state index in [1.807, 2.05) is 36.4 Å². The summed E-state index contributed by atoms with van der Waals surface area (Å²) in [6.07, 6.45) is 1.53. The van der Waals surface area contributed by atoms with Crippen LogP contribution >= 0.6 is 15.9 Å². The number of hydrogen-bond acceptors (Lipinski definition) is 4. The van der Waals surface area contributed by atoms with E-state index in [4.69, 9.17) is 9.47 Å². The maximum atomic E-state index is 9.31. The van der Waals surface area contributed by atoms with Gasteiger partial charge < -0.3 is 9.47 Å². The molecule has 0 amide bonds. The molecule has 0 N–H and O–H groups in total. The van der Waals surface area contributed by atoms with Gasteiger partial charge in [-0.1, -0.05) is 34.1 Å². The molecule has 0 aliphatic carbocycles. The normalized spacial score (nSPS) is 12.2. The monoisotopic (exact) mass is 320 g/mol. The Hall–Kier alpha value is -1.66. The SMILES string of the molecule is C=C[C@H](c1ccc(Br)cc1)C(C#N)(C#N)OCOC. The van der Waals surface area contributed by atoms with Crippen LogP contribution in [0.3, 0.4) is 0 Å². The Morgan fingerprint density at radius 2 is 1.95 bits per heavy atom. The van der Waals surface area contributed by atoms with E-state index in [0.29, 0.717) is 0 Å². The first-order valence-electron chi connectivity index (χ1n) is 5.47. The number of nitriles is 2. The van der Waals surface area contributed by atoms with Crippen molar-refractivity contribution in [2.45, 2.75) is 11.5 Å². The molecule has 4 nitrogen and oxygen atoms in total. The fourth-order valence-corrected chi connectivity index (χ4v) is 1.94. The zero-order valence-corrected chi connectivity index (χ0v) is 12.1. The van der Waals surface area contributed by atoms with Gasteiger partial charge in [0, 0.05) is 11.6 Å². The number of nitrogens with zero attached hydrogens (tertiary/aromatic N) is 2. The Balaban J connectivity index is 3.18. The van der Waals surface area contributed by atoms with Gasteiger partial charge >= 0.3 is 0 Å². The average Bonchev–Trinajstić information content (AvgIpc) is 2.45. The molecule has 98 valence electrons. The molecule has 0 aliphatic heterocycles. The summed E-state index contributed by atoms with van der Waals surface area (Å²) in [5.41, 5.74) is -0.872. The highest BCUT2D eigenvalue weighted by molar-refractivity contribution is 9.10. The molecule has 0 spiro atoms. The Bertz CT molecular complexity index is 500. The Morgan fingerprint density at radius 1 is 1.37 bits per heavy atom. The van der Waals surface area contributed by atoms with Gasteiger partial charge in [-0.25, -0.2) is 0 Å². The summed E-state index contributed by atoms with van der Waals surface area (Å²) in [6.45, 7) is 3.56. The van der Waals surface area contributed by atoms with Crippen molar-refractivity contribution in [2.24, 2.45) is 0 Å². The Morgan fingerprint density at radius 3 is 2.37 bits per heavy atom. The second kappa shape index (κ2) is 7.06. The van der Waals surface area contributed by atoms with E-state index in [1.165, 1.54) is 13.2 Å². The van der Waals surface area contributed by atoms with E-state index in [1.54, 1.807) is 0 Å². The third-order valence-corrected chi connectivity index (χ3v) is 3.17. The standard InChI is InChI=1S/C14H13BrN2O2/c1-3-13(11-4-6-12(15)7-5-11)14(8-16,9-17)19-10-18-2/h3-7,13H,1,10H2,2H3/t13-/m1/s1. The fraction of sp³-hybridized carbons (Fsp3) is 0.286. The van der Waals surface area contributed by atoms with E-state index in [9.17, 15) is 10.5 Å². The van der Waals surface area contributed by atoms with Gasteiger partial charge in [0.2, 0.25) is 0 Å². The minimum Gasteiger partial charge on any atom is -0.359 e. The highest BCUT2D eigenvalue weighted by Gasteiger charge is 2.40. The van der Waals surface area contributed by atoms with Crippen LogP contribution in [-0.2, 0) is 9.47 Å². The van der Waals surface area contributed by atoms with Crippen molar-refractivity contribution < 1.29 is 9.47 Å². The molecule has 0 saturated heterocycles. The lowest BCUT2D eigenvalue weighted by molar-refractivity contribution is -0.0855. The van der Waals surface area contributed by atoms with Gasteiger partial charge in [0.25, 0.3) is 5.60 Å². The molecule has 1 rings (SSSR count). The smallest absolute Gasteiger partial charge is 0.253 e. The van der Waals surface area contributed by atoms with Crippen LogP contribution in [0.1, 0.15) is 11.5 Å². The van der Waals surface area contributed by atoms with Crippen LogP contribution in [0.2, 0.25) is 0 Å². The van der Waals surface area contributed by atoms with Gasteiger partial charge in [-0.05, 0) is 17.7 Å². The number of halogens is 1. The minimum absolute atomic E-state index is 0.137. The van der Waals surface area contributed by atoms with Crippen molar-refractivity contribution in [3.63, 3.8) is 0 Å². The van der Waals surface area contributed by atoms with Crippen LogP contribution in [0.25, 0.3) is 0 Å². The van der Waals surface area contributed by atoms with Gasteiger partial charge in [-0.2, -0.15) is 10.5 Å². The molecule has 0 heterocycles. The zero-order chi connectivity index (χ0) is 14.3. The zero-order valence-electron chi connectivity index (χ0n) is 10.5. The topological polar surface area (TPSA) is 66.0 Å². The van der Waals surface area contributed by atoms with Crippen molar-refractivity contribution in [1.82, 2.24) is 0 Å². The lowest BCUT2D eigenvalue weighted by Crippen LogP contribution is -2.36. The molecule has 1 aromatic rings. The number of methoxy groups -OCH3 is 1. The molecule has 0 aromatic heterocycles. The third kappa shape index (κ3) is 3.42. The molecular weight excluding hydrogens is 308 g/mol. The first-order valence-corrected chi connectivity index (χ1v) is 6.26. The van der Waals surface area contributed by atoms with E-state index >= 15 is 0 Å². The second-order valence-corrected chi connectivity index (χ2v) is 4.69. The molecule has 0 unspecified atom stereocenters. The van der Waals surface area contributed by atoms with Crippen molar-refractivity contribution in [3.8, 4) is 12.1 Å². The summed E-state index contributed by atoms with van der Waals surface area (Å²) < 4.78 is 11.0. The molecule has 0 saturated carbocycles. The summed E-state index contributed by atoms with van der Waals surface area (Å²) in [6, 6.07) is 11.1. The van der Waals surface area contributed by atoms with Crippen LogP contribution in [0, 0.1) is 22.7 Å². The quantitative estimate of drug-likeness (QED) is 0.596. The van der Waals surface area contributed by atoms with Gasteiger partial charge in [0.05, 0.1) is 5.92 Å². The Labute approximate surface area is 121 Å². The van der Waals surface area contributed by atoms with Crippen LogP contribution in [0.5, 0.6) is 0 Å². The van der Waals surface area contributed by atoms with Crippen LogP contribution in [0.4, 0.5) is 0 Å². The highest BCUT2D eigenvalue weighted by Crippen LogP contribution is 2.32. The van der Waals surface area contributed by atoms with Crippen molar-refractivity contribution in [2.75, 3.05) is 13.9 Å². The molecule has 1 aromatic carbocycles. The molecule has 0 bridgehead atoms. The molecule has 1 atom stereocenters. The number of rotatable bonds is 6. The van der Waals surface area contributed by atoms with E-state index in [-0.39, 0.29) is 6.79 Å². The number of hydrogen-bond donors (Lipinski definition) is 0. The molecule has 5 heteroatoms. The first-order chi connectivity index (χ1) is 9.13. The predicted octanol–water partition coefficient (Wildman–Crippen LogP) is 3.13. The molecule has 0 radical (unpaired) electrons. The van der Waals surface area contributed by atoms with Gasteiger partial charge in [0.1, 0.15) is 18.9 Å². The highest BCUT2D eigenvalue weighted by atomic mass is 79.9. The average molecular weight is 321 g/mol. The van der Waals surface area contributed by atoms with Gasteiger partial charge in [-0.15, -0.1) is 6.58 Å². The molecular formula is C14H13BrN2O2. The molecule has 0 fully saturated rings. The lowest BCUT2D eigenvalue weighted by atomic mass is 9.84. The van der Waals surface area contributed by atoms with E-state index < -0.39 is 11.5 Å². The predicted molar refractivity (Wildman–Crippen MR) is 74.0 cm³/mol. The number of ether oxygens (including phenoxy) is 2. The molecule has 19 heavy (non-hydrogen) atoms. The maximum absolute atomic E-state index is 9.31. The van der Waals surface area contributed by atoms with Crippen molar-refractivity contribution in [1.29, 1.82) is 10.5 Å². The summed E-state index contributed by atoms with van der Waals surface area (Å²) in [4.78, 5) is 0. The van der Waals surface area contributed by atoms with E-state index in [2.05, 4.69) is 22.5 Å². The summed E-state index contributed by atoms with van der Waals surface area (Å²) >= 11 is 3.34. The minimum atomic E-state index is -1.65. The van der Waals surface area contributed by atoms with Crippen LogP contribution in [-0.4, -0.2) is 19.5 Å². The van der Waals surface area contributed by atoms with Gasteiger partial charge in [0.15, 0.2) is 0 Å². The lowest BCUT2D eigenvalue weighted by Gasteiger charge is -2.26. The largest absolute Gasteiger partial charge is 0.359 e. The van der Waals surface area contributed by atoms with Crippen LogP contribution < -0.4 is 0 Å². The first kappa shape index (κ1) is 15.4. The third-order valence-electron chi connectivity index (χ3n) is 2.64.